The zero-order valence-electron chi connectivity index (χ0n) is 13.3. The Morgan fingerprint density at radius 2 is 1.87 bits per heavy atom. The van der Waals surface area contributed by atoms with E-state index in [0.29, 0.717) is 5.92 Å². The Bertz CT molecular complexity index is 811. The average Bonchev–Trinajstić information content (AvgIpc) is 2.94. The van der Waals surface area contributed by atoms with Crippen molar-refractivity contribution < 1.29 is 4.74 Å². The molecule has 0 radical (unpaired) electrons. The lowest BCUT2D eigenvalue weighted by atomic mass is 9.95. The number of ether oxygens (including phenoxy) is 1. The second-order valence-corrected chi connectivity index (χ2v) is 6.19. The van der Waals surface area contributed by atoms with E-state index >= 15 is 0 Å². The maximum absolute atomic E-state index is 5.53. The van der Waals surface area contributed by atoms with Crippen LogP contribution in [0.15, 0.2) is 42.5 Å². The SMILES string of the molecule is C1=C/CC\C=c2/c(c(C3CCOCC3)nn2-c2ccccc2)=C\1. The van der Waals surface area contributed by atoms with E-state index in [9.17, 15) is 0 Å². The summed E-state index contributed by atoms with van der Waals surface area (Å²) in [5, 5.41) is 7.56. The fourth-order valence-corrected chi connectivity index (χ4v) is 3.44. The molecule has 0 amide bonds. The molecule has 0 N–H and O–H groups in total. The lowest BCUT2D eigenvalue weighted by Crippen LogP contribution is -2.31. The highest BCUT2D eigenvalue weighted by atomic mass is 16.5. The summed E-state index contributed by atoms with van der Waals surface area (Å²) < 4.78 is 7.66. The van der Waals surface area contributed by atoms with Crippen LogP contribution in [0.3, 0.4) is 0 Å². The number of benzene rings is 1. The van der Waals surface area contributed by atoms with Gasteiger partial charge in [-0.15, -0.1) is 0 Å². The predicted molar refractivity (Wildman–Crippen MR) is 92.9 cm³/mol. The quantitative estimate of drug-likeness (QED) is 0.853. The van der Waals surface area contributed by atoms with Gasteiger partial charge in [-0.2, -0.15) is 5.10 Å². The Morgan fingerprint density at radius 1 is 1.04 bits per heavy atom. The van der Waals surface area contributed by atoms with Gasteiger partial charge in [0.2, 0.25) is 0 Å². The van der Waals surface area contributed by atoms with E-state index in [1.807, 2.05) is 0 Å². The van der Waals surface area contributed by atoms with Crippen molar-refractivity contribution in [1.29, 1.82) is 0 Å². The summed E-state index contributed by atoms with van der Waals surface area (Å²) >= 11 is 0. The summed E-state index contributed by atoms with van der Waals surface area (Å²) in [6.45, 7) is 1.69. The molecular formula is C20H22N2O. The molecule has 2 aliphatic rings. The van der Waals surface area contributed by atoms with Crippen molar-refractivity contribution in [3.05, 3.63) is 58.7 Å². The van der Waals surface area contributed by atoms with Crippen LogP contribution in [0.25, 0.3) is 17.8 Å². The third kappa shape index (κ3) is 2.89. The third-order valence-corrected chi connectivity index (χ3v) is 4.67. The molecule has 1 fully saturated rings. The highest BCUT2D eigenvalue weighted by Crippen LogP contribution is 2.23. The number of nitrogens with zero attached hydrogens (tertiary/aromatic N) is 2. The van der Waals surface area contributed by atoms with Crippen LogP contribution in [0, 0.1) is 0 Å². The molecule has 1 aliphatic heterocycles. The lowest BCUT2D eigenvalue weighted by molar-refractivity contribution is 0.0842. The van der Waals surface area contributed by atoms with Crippen LogP contribution in [-0.2, 0) is 4.74 Å². The topological polar surface area (TPSA) is 27.1 Å². The van der Waals surface area contributed by atoms with Gasteiger partial charge in [-0.25, -0.2) is 4.68 Å². The zero-order chi connectivity index (χ0) is 15.5. The molecule has 1 aromatic heterocycles. The maximum atomic E-state index is 5.53. The first kappa shape index (κ1) is 14.5. The van der Waals surface area contributed by atoms with E-state index in [1.165, 1.54) is 16.3 Å². The predicted octanol–water partition coefficient (Wildman–Crippen LogP) is 2.68. The number of allylic oxidation sites excluding steroid dienone is 2. The average molecular weight is 306 g/mol. The Balaban J connectivity index is 1.92. The molecule has 2 heterocycles. The minimum Gasteiger partial charge on any atom is -0.381 e. The van der Waals surface area contributed by atoms with Crippen molar-refractivity contribution in [3.8, 4) is 5.69 Å². The van der Waals surface area contributed by atoms with Crippen LogP contribution >= 0.6 is 0 Å². The Morgan fingerprint density at radius 3 is 2.70 bits per heavy atom. The van der Waals surface area contributed by atoms with Gasteiger partial charge in [0.15, 0.2) is 0 Å². The summed E-state index contributed by atoms with van der Waals surface area (Å²) in [5.41, 5.74) is 2.37. The van der Waals surface area contributed by atoms with Crippen LogP contribution in [0.2, 0.25) is 0 Å². The van der Waals surface area contributed by atoms with Gasteiger partial charge in [0, 0.05) is 24.4 Å². The second-order valence-electron chi connectivity index (χ2n) is 6.19. The van der Waals surface area contributed by atoms with Gasteiger partial charge in [0.05, 0.1) is 16.7 Å². The molecule has 23 heavy (non-hydrogen) atoms. The lowest BCUT2D eigenvalue weighted by Gasteiger charge is -2.20. The summed E-state index contributed by atoms with van der Waals surface area (Å²) in [6, 6.07) is 10.5. The fraction of sp³-hybridized carbons (Fsp3) is 0.350. The molecule has 0 unspecified atom stereocenters. The highest BCUT2D eigenvalue weighted by Gasteiger charge is 2.21. The second kappa shape index (κ2) is 6.55. The van der Waals surface area contributed by atoms with Crippen LogP contribution in [0.5, 0.6) is 0 Å². The third-order valence-electron chi connectivity index (χ3n) is 4.67. The van der Waals surface area contributed by atoms with E-state index in [4.69, 9.17) is 9.84 Å². The smallest absolute Gasteiger partial charge is 0.0740 e. The Labute approximate surface area is 136 Å². The first-order valence-corrected chi connectivity index (χ1v) is 8.52. The molecule has 0 atom stereocenters. The molecule has 0 spiro atoms. The van der Waals surface area contributed by atoms with E-state index in [0.717, 1.165) is 44.6 Å². The summed E-state index contributed by atoms with van der Waals surface area (Å²) in [7, 11) is 0. The van der Waals surface area contributed by atoms with Crippen molar-refractivity contribution in [2.45, 2.75) is 31.6 Å². The number of rotatable bonds is 2. The first-order chi connectivity index (χ1) is 11.4. The van der Waals surface area contributed by atoms with Gasteiger partial charge < -0.3 is 4.74 Å². The van der Waals surface area contributed by atoms with Gasteiger partial charge in [-0.1, -0.05) is 42.5 Å². The molecular weight excluding hydrogens is 284 g/mol. The monoisotopic (exact) mass is 306 g/mol. The van der Waals surface area contributed by atoms with Crippen molar-refractivity contribution >= 4 is 12.2 Å². The van der Waals surface area contributed by atoms with E-state index in [1.54, 1.807) is 0 Å². The Kier molecular flexibility index (Phi) is 4.12. The van der Waals surface area contributed by atoms with Crippen molar-refractivity contribution in [2.75, 3.05) is 13.2 Å². The van der Waals surface area contributed by atoms with Crippen LogP contribution < -0.4 is 10.6 Å². The number of hydrogen-bond acceptors (Lipinski definition) is 2. The summed E-state index contributed by atoms with van der Waals surface area (Å²) in [6.07, 6.45) is 13.3. The number of hydrogen-bond donors (Lipinski definition) is 0. The van der Waals surface area contributed by atoms with Gasteiger partial charge >= 0.3 is 0 Å². The van der Waals surface area contributed by atoms with Crippen LogP contribution in [-0.4, -0.2) is 23.0 Å². The van der Waals surface area contributed by atoms with Crippen molar-refractivity contribution in [1.82, 2.24) is 9.78 Å². The van der Waals surface area contributed by atoms with E-state index in [-0.39, 0.29) is 0 Å². The number of fused-ring (bicyclic) bond motifs is 1. The highest BCUT2D eigenvalue weighted by molar-refractivity contribution is 5.45. The minimum absolute atomic E-state index is 0.500. The van der Waals surface area contributed by atoms with Crippen LogP contribution in [0.4, 0.5) is 0 Å². The van der Waals surface area contributed by atoms with Crippen molar-refractivity contribution in [2.24, 2.45) is 0 Å². The summed E-state index contributed by atoms with van der Waals surface area (Å²) in [5.74, 6) is 0.500. The van der Waals surface area contributed by atoms with Gasteiger partial charge in [-0.3, -0.25) is 0 Å². The normalized spacial score (nSPS) is 22.8. The fourth-order valence-electron chi connectivity index (χ4n) is 3.44. The largest absolute Gasteiger partial charge is 0.381 e. The molecule has 2 aromatic rings. The van der Waals surface area contributed by atoms with E-state index < -0.39 is 0 Å². The molecule has 3 heteroatoms. The van der Waals surface area contributed by atoms with Crippen molar-refractivity contribution in [3.63, 3.8) is 0 Å². The molecule has 0 saturated carbocycles. The molecule has 1 aromatic carbocycles. The summed E-state index contributed by atoms with van der Waals surface area (Å²) in [4.78, 5) is 0. The van der Waals surface area contributed by atoms with Gasteiger partial charge in [0.1, 0.15) is 0 Å². The Hall–Kier alpha value is -2.13. The van der Waals surface area contributed by atoms with Gasteiger partial charge in [0.25, 0.3) is 0 Å². The minimum atomic E-state index is 0.500. The molecule has 1 saturated heterocycles. The molecule has 0 bridgehead atoms. The zero-order valence-corrected chi connectivity index (χ0v) is 13.3. The molecule has 3 nitrogen and oxygen atoms in total. The van der Waals surface area contributed by atoms with Crippen LogP contribution in [0.1, 0.15) is 37.3 Å². The molecule has 1 aliphatic carbocycles. The van der Waals surface area contributed by atoms with E-state index in [2.05, 4.69) is 59.3 Å². The number of para-hydroxylation sites is 1. The van der Waals surface area contributed by atoms with Gasteiger partial charge in [-0.05, 0) is 37.8 Å². The number of aromatic nitrogens is 2. The molecule has 118 valence electrons. The standard InChI is InChI=1S/C20H22N2O/c1-2-7-11-19-18(10-6-1)20(16-12-14-23-15-13-16)21-22(19)17-8-4-3-5-9-17/h1,3-6,8-11,16H,2,7,12-15H2/b6-1-,18-10+,19-11+. The first-order valence-electron chi connectivity index (χ1n) is 8.52. The maximum Gasteiger partial charge on any atom is 0.0740 e. The molecule has 4 rings (SSSR count).